The summed E-state index contributed by atoms with van der Waals surface area (Å²) in [5, 5.41) is 4.95. The minimum atomic E-state index is -0.194. The third kappa shape index (κ3) is 5.03. The number of ether oxygens (including phenoxy) is 1. The zero-order valence-corrected chi connectivity index (χ0v) is 16.8. The number of hydrogen-bond acceptors (Lipinski definition) is 4. The van der Waals surface area contributed by atoms with Crippen LogP contribution in [0.4, 0.5) is 5.69 Å². The average molecular weight is 407 g/mol. The van der Waals surface area contributed by atoms with Crippen LogP contribution in [0, 0.1) is 0 Å². The third-order valence-corrected chi connectivity index (χ3v) is 5.64. The number of anilines is 1. The maximum Gasteiger partial charge on any atom is 0.255 e. The lowest BCUT2D eigenvalue weighted by atomic mass is 10.1. The molecule has 0 spiro atoms. The predicted molar refractivity (Wildman–Crippen MR) is 114 cm³/mol. The van der Waals surface area contributed by atoms with Crippen molar-refractivity contribution >= 4 is 28.8 Å². The molecule has 0 saturated carbocycles. The maximum atomic E-state index is 12.7. The van der Waals surface area contributed by atoms with E-state index in [0.717, 1.165) is 23.4 Å². The SMILES string of the molecule is O=C(Nc1cccc(CN2CCCC2=O)c1)c1cccc(OCc2cccs2)c1. The smallest absolute Gasteiger partial charge is 0.255 e. The average Bonchev–Trinajstić information content (AvgIpc) is 3.39. The molecule has 1 saturated heterocycles. The first-order chi connectivity index (χ1) is 14.2. The van der Waals surface area contributed by atoms with E-state index in [1.54, 1.807) is 23.5 Å². The summed E-state index contributed by atoms with van der Waals surface area (Å²) in [4.78, 5) is 27.5. The summed E-state index contributed by atoms with van der Waals surface area (Å²) in [5.74, 6) is 0.659. The van der Waals surface area contributed by atoms with E-state index in [-0.39, 0.29) is 11.8 Å². The topological polar surface area (TPSA) is 58.6 Å². The van der Waals surface area contributed by atoms with Crippen molar-refractivity contribution in [3.05, 3.63) is 82.0 Å². The molecule has 4 rings (SSSR count). The van der Waals surface area contributed by atoms with E-state index in [1.165, 1.54) is 0 Å². The van der Waals surface area contributed by atoms with Crippen LogP contribution in [0.3, 0.4) is 0 Å². The van der Waals surface area contributed by atoms with Gasteiger partial charge in [-0.15, -0.1) is 11.3 Å². The highest BCUT2D eigenvalue weighted by Crippen LogP contribution is 2.20. The standard InChI is InChI=1S/C23H22N2O3S/c26-22-10-3-11-25(22)15-17-5-1-7-19(13-17)24-23(27)18-6-2-8-20(14-18)28-16-21-9-4-12-29-21/h1-2,4-9,12-14H,3,10-11,15-16H2,(H,24,27). The summed E-state index contributed by atoms with van der Waals surface area (Å²) in [6.45, 7) is 1.86. The van der Waals surface area contributed by atoms with Crippen LogP contribution in [0.2, 0.25) is 0 Å². The minimum absolute atomic E-state index is 0.193. The second-order valence-corrected chi connectivity index (χ2v) is 8.00. The molecular formula is C23H22N2O3S. The molecule has 5 nitrogen and oxygen atoms in total. The van der Waals surface area contributed by atoms with Crippen molar-refractivity contribution in [1.29, 1.82) is 0 Å². The third-order valence-electron chi connectivity index (χ3n) is 4.79. The Morgan fingerprint density at radius 3 is 2.79 bits per heavy atom. The van der Waals surface area contributed by atoms with Gasteiger partial charge in [0.25, 0.3) is 5.91 Å². The summed E-state index contributed by atoms with van der Waals surface area (Å²) in [7, 11) is 0. The Kier molecular flexibility index (Phi) is 5.91. The molecule has 0 unspecified atom stereocenters. The van der Waals surface area contributed by atoms with Gasteiger partial charge in [0.15, 0.2) is 0 Å². The molecule has 0 bridgehead atoms. The van der Waals surface area contributed by atoms with Crippen molar-refractivity contribution in [1.82, 2.24) is 4.90 Å². The first-order valence-electron chi connectivity index (χ1n) is 9.61. The summed E-state index contributed by atoms with van der Waals surface area (Å²) < 4.78 is 5.79. The van der Waals surface area contributed by atoms with Crippen molar-refractivity contribution in [2.45, 2.75) is 26.0 Å². The Hall–Kier alpha value is -3.12. The van der Waals surface area contributed by atoms with Crippen LogP contribution in [0.15, 0.2) is 66.0 Å². The van der Waals surface area contributed by atoms with E-state index in [9.17, 15) is 9.59 Å². The first-order valence-corrected chi connectivity index (χ1v) is 10.5. The molecule has 148 valence electrons. The number of thiophene rings is 1. The number of amides is 2. The van der Waals surface area contributed by atoms with Crippen LogP contribution in [0.25, 0.3) is 0 Å². The number of carbonyl (C=O) groups is 2. The number of hydrogen-bond donors (Lipinski definition) is 1. The normalized spacial score (nSPS) is 13.5. The van der Waals surface area contributed by atoms with Gasteiger partial charge in [0, 0.05) is 35.6 Å². The highest BCUT2D eigenvalue weighted by atomic mass is 32.1. The molecule has 29 heavy (non-hydrogen) atoms. The molecule has 1 aliphatic rings. The molecule has 0 aliphatic carbocycles. The second kappa shape index (κ2) is 8.92. The second-order valence-electron chi connectivity index (χ2n) is 6.97. The largest absolute Gasteiger partial charge is 0.488 e. The van der Waals surface area contributed by atoms with Crippen LogP contribution < -0.4 is 10.1 Å². The van der Waals surface area contributed by atoms with Gasteiger partial charge in [-0.05, 0) is 53.8 Å². The van der Waals surface area contributed by atoms with Gasteiger partial charge in [0.05, 0.1) is 0 Å². The monoisotopic (exact) mass is 406 g/mol. The molecule has 2 amide bonds. The quantitative estimate of drug-likeness (QED) is 0.619. The lowest BCUT2D eigenvalue weighted by molar-refractivity contribution is -0.128. The van der Waals surface area contributed by atoms with Gasteiger partial charge in [-0.2, -0.15) is 0 Å². The summed E-state index contributed by atoms with van der Waals surface area (Å²) in [6.07, 6.45) is 1.54. The van der Waals surface area contributed by atoms with E-state index in [1.807, 2.05) is 58.8 Å². The van der Waals surface area contributed by atoms with E-state index < -0.39 is 0 Å². The fraction of sp³-hybridized carbons (Fsp3) is 0.217. The van der Waals surface area contributed by atoms with Gasteiger partial charge in [-0.1, -0.05) is 24.3 Å². The van der Waals surface area contributed by atoms with E-state index in [0.29, 0.717) is 36.6 Å². The number of carbonyl (C=O) groups excluding carboxylic acids is 2. The zero-order chi connectivity index (χ0) is 20.1. The number of likely N-dealkylation sites (tertiary alicyclic amines) is 1. The van der Waals surface area contributed by atoms with E-state index >= 15 is 0 Å². The van der Waals surface area contributed by atoms with Crippen LogP contribution in [0.1, 0.15) is 33.6 Å². The molecule has 0 atom stereocenters. The van der Waals surface area contributed by atoms with Crippen molar-refractivity contribution in [3.8, 4) is 5.75 Å². The highest BCUT2D eigenvalue weighted by Gasteiger charge is 2.20. The maximum absolute atomic E-state index is 12.7. The fourth-order valence-corrected chi connectivity index (χ4v) is 3.93. The van der Waals surface area contributed by atoms with Crippen LogP contribution in [0.5, 0.6) is 5.75 Å². The van der Waals surface area contributed by atoms with Gasteiger partial charge in [-0.25, -0.2) is 0 Å². The zero-order valence-electron chi connectivity index (χ0n) is 16.0. The molecule has 2 heterocycles. The minimum Gasteiger partial charge on any atom is -0.488 e. The van der Waals surface area contributed by atoms with Crippen LogP contribution >= 0.6 is 11.3 Å². The van der Waals surface area contributed by atoms with Crippen LogP contribution in [-0.4, -0.2) is 23.3 Å². The first kappa shape index (κ1) is 19.2. The van der Waals surface area contributed by atoms with Gasteiger partial charge in [-0.3, -0.25) is 9.59 Å². The summed E-state index contributed by atoms with van der Waals surface area (Å²) in [5.41, 5.74) is 2.25. The number of benzene rings is 2. The van der Waals surface area contributed by atoms with Gasteiger partial charge < -0.3 is 15.0 Å². The lowest BCUT2D eigenvalue weighted by Crippen LogP contribution is -2.23. The van der Waals surface area contributed by atoms with Crippen molar-refractivity contribution < 1.29 is 14.3 Å². The number of nitrogens with one attached hydrogen (secondary N) is 1. The molecular weight excluding hydrogens is 384 g/mol. The molecule has 1 aromatic heterocycles. The Labute approximate surface area is 173 Å². The number of nitrogens with zero attached hydrogens (tertiary/aromatic N) is 1. The van der Waals surface area contributed by atoms with Crippen LogP contribution in [-0.2, 0) is 17.9 Å². The predicted octanol–water partition coefficient (Wildman–Crippen LogP) is 4.70. The Bertz CT molecular complexity index is 1000. The molecule has 3 aromatic rings. The Balaban J connectivity index is 1.39. The summed E-state index contributed by atoms with van der Waals surface area (Å²) >= 11 is 1.64. The highest BCUT2D eigenvalue weighted by molar-refractivity contribution is 7.09. The molecule has 1 fully saturated rings. The van der Waals surface area contributed by atoms with Crippen molar-refractivity contribution in [3.63, 3.8) is 0 Å². The molecule has 6 heteroatoms. The fourth-order valence-electron chi connectivity index (χ4n) is 3.32. The van der Waals surface area contributed by atoms with E-state index in [4.69, 9.17) is 4.74 Å². The Morgan fingerprint density at radius 1 is 1.10 bits per heavy atom. The van der Waals surface area contributed by atoms with Gasteiger partial charge in [0.2, 0.25) is 5.91 Å². The summed E-state index contributed by atoms with van der Waals surface area (Å²) in [6, 6.07) is 18.8. The Morgan fingerprint density at radius 2 is 2.00 bits per heavy atom. The molecule has 1 aliphatic heterocycles. The molecule has 1 N–H and O–H groups in total. The van der Waals surface area contributed by atoms with E-state index in [2.05, 4.69) is 5.32 Å². The van der Waals surface area contributed by atoms with Gasteiger partial charge in [0.1, 0.15) is 12.4 Å². The molecule has 2 aromatic carbocycles. The van der Waals surface area contributed by atoms with Crippen molar-refractivity contribution in [2.24, 2.45) is 0 Å². The number of rotatable bonds is 7. The van der Waals surface area contributed by atoms with Gasteiger partial charge >= 0.3 is 0 Å². The molecule has 0 radical (unpaired) electrons. The van der Waals surface area contributed by atoms with Crippen molar-refractivity contribution in [2.75, 3.05) is 11.9 Å². The lowest BCUT2D eigenvalue weighted by Gasteiger charge is -2.16.